The number of ether oxygens (including phenoxy) is 5. The van der Waals surface area contributed by atoms with Crippen molar-refractivity contribution in [3.8, 4) is 28.7 Å². The molecule has 2 aliphatic heterocycles. The summed E-state index contributed by atoms with van der Waals surface area (Å²) in [5.74, 6) is 4.00. The van der Waals surface area contributed by atoms with Crippen LogP contribution < -0.4 is 29.0 Å². The number of anilines is 1. The van der Waals surface area contributed by atoms with E-state index < -0.39 is 0 Å². The summed E-state index contributed by atoms with van der Waals surface area (Å²) in [6, 6.07) is 3.89. The van der Waals surface area contributed by atoms with Gasteiger partial charge in [0.15, 0.2) is 23.0 Å². The molecule has 0 bridgehead atoms. The maximum atomic E-state index is 5.69. The number of rotatable bonds is 11. The molecule has 1 fully saturated rings. The van der Waals surface area contributed by atoms with Gasteiger partial charge in [-0.05, 0) is 6.42 Å². The van der Waals surface area contributed by atoms with E-state index in [9.17, 15) is 0 Å². The number of nitrogens with one attached hydrogen (secondary N) is 1. The molecular weight excluding hydrogens is 524 g/mol. The van der Waals surface area contributed by atoms with Gasteiger partial charge in [-0.25, -0.2) is 9.97 Å². The van der Waals surface area contributed by atoms with Gasteiger partial charge in [0.25, 0.3) is 0 Å². The Kier molecular flexibility index (Phi) is 8.94. The third kappa shape index (κ3) is 5.82. The largest absolute Gasteiger partial charge is 0.493 e. The SMILES string of the molecule is CCCc1c2c(cc(OC)c1OC)NC(CN1CCN(Cc3ncc4c(OC)c(OC)c(OC)cc4n3)CC1)N=C2. The minimum Gasteiger partial charge on any atom is -0.493 e. The number of aromatic nitrogens is 2. The third-order valence-corrected chi connectivity index (χ3v) is 7.72. The van der Waals surface area contributed by atoms with Crippen molar-refractivity contribution in [3.63, 3.8) is 0 Å². The molecule has 1 aromatic heterocycles. The highest BCUT2D eigenvalue weighted by Gasteiger charge is 2.26. The fraction of sp³-hybridized carbons (Fsp3) is 0.500. The number of methoxy groups -OCH3 is 5. The van der Waals surface area contributed by atoms with E-state index in [-0.39, 0.29) is 6.17 Å². The van der Waals surface area contributed by atoms with Gasteiger partial charge in [-0.15, -0.1) is 0 Å². The van der Waals surface area contributed by atoms with E-state index in [1.807, 2.05) is 18.3 Å². The predicted molar refractivity (Wildman–Crippen MR) is 159 cm³/mol. The van der Waals surface area contributed by atoms with Gasteiger partial charge in [0.05, 0.1) is 53.0 Å². The number of benzene rings is 2. The summed E-state index contributed by atoms with van der Waals surface area (Å²) in [5.41, 5.74) is 4.04. The first kappa shape index (κ1) is 28.7. The minimum absolute atomic E-state index is 0.0209. The van der Waals surface area contributed by atoms with Crippen LogP contribution in [-0.4, -0.2) is 100 Å². The first-order chi connectivity index (χ1) is 20.0. The average molecular weight is 565 g/mol. The van der Waals surface area contributed by atoms with Gasteiger partial charge >= 0.3 is 0 Å². The summed E-state index contributed by atoms with van der Waals surface area (Å²) in [4.78, 5) is 19.1. The van der Waals surface area contributed by atoms with Crippen LogP contribution in [-0.2, 0) is 13.0 Å². The van der Waals surface area contributed by atoms with Crippen LogP contribution in [0.3, 0.4) is 0 Å². The number of nitrogens with zero attached hydrogens (tertiary/aromatic N) is 5. The normalized spacial score (nSPS) is 17.2. The van der Waals surface area contributed by atoms with Crippen molar-refractivity contribution < 1.29 is 23.7 Å². The monoisotopic (exact) mass is 564 g/mol. The Hall–Kier alpha value is -3.83. The zero-order valence-electron chi connectivity index (χ0n) is 24.8. The molecule has 11 heteroatoms. The van der Waals surface area contributed by atoms with Gasteiger partial charge < -0.3 is 29.0 Å². The van der Waals surface area contributed by atoms with Crippen molar-refractivity contribution in [1.82, 2.24) is 19.8 Å². The van der Waals surface area contributed by atoms with E-state index in [0.29, 0.717) is 23.8 Å². The summed E-state index contributed by atoms with van der Waals surface area (Å²) >= 11 is 0. The second-order valence-corrected chi connectivity index (χ2v) is 10.2. The van der Waals surface area contributed by atoms with Crippen LogP contribution in [0.25, 0.3) is 10.9 Å². The fourth-order valence-corrected chi connectivity index (χ4v) is 5.66. The molecule has 1 atom stereocenters. The molecule has 0 radical (unpaired) electrons. The molecule has 0 saturated carbocycles. The van der Waals surface area contributed by atoms with Gasteiger partial charge in [0.2, 0.25) is 5.75 Å². The summed E-state index contributed by atoms with van der Waals surface area (Å²) in [5, 5.41) is 4.42. The molecule has 1 saturated heterocycles. The van der Waals surface area contributed by atoms with Gasteiger partial charge in [-0.3, -0.25) is 14.8 Å². The number of piperazine rings is 1. The highest BCUT2D eigenvalue weighted by atomic mass is 16.5. The molecule has 3 aromatic rings. The van der Waals surface area contributed by atoms with Crippen LogP contribution in [0.5, 0.6) is 28.7 Å². The van der Waals surface area contributed by atoms with Crippen molar-refractivity contribution in [2.75, 3.05) is 73.6 Å². The highest BCUT2D eigenvalue weighted by molar-refractivity contribution is 5.94. The van der Waals surface area contributed by atoms with Crippen molar-refractivity contribution in [1.29, 1.82) is 0 Å². The first-order valence-electron chi connectivity index (χ1n) is 14.0. The molecule has 0 aliphatic carbocycles. The van der Waals surface area contributed by atoms with Crippen LogP contribution in [0.4, 0.5) is 5.69 Å². The molecule has 0 spiro atoms. The maximum absolute atomic E-state index is 5.69. The summed E-state index contributed by atoms with van der Waals surface area (Å²) in [6.07, 6.45) is 5.69. The molecule has 5 rings (SSSR count). The Morgan fingerprint density at radius 3 is 2.20 bits per heavy atom. The lowest BCUT2D eigenvalue weighted by Gasteiger charge is -2.36. The lowest BCUT2D eigenvalue weighted by molar-refractivity contribution is 0.122. The molecule has 1 N–H and O–H groups in total. The van der Waals surface area contributed by atoms with E-state index in [1.165, 1.54) is 0 Å². The summed E-state index contributed by atoms with van der Waals surface area (Å²) < 4.78 is 27.9. The van der Waals surface area contributed by atoms with Gasteiger partial charge in [0.1, 0.15) is 12.0 Å². The van der Waals surface area contributed by atoms with E-state index in [4.69, 9.17) is 33.7 Å². The fourth-order valence-electron chi connectivity index (χ4n) is 5.66. The number of aliphatic imine (C=N–C) groups is 1. The Morgan fingerprint density at radius 2 is 1.54 bits per heavy atom. The molecule has 220 valence electrons. The lowest BCUT2D eigenvalue weighted by Crippen LogP contribution is -2.49. The van der Waals surface area contributed by atoms with Gasteiger partial charge in [-0.2, -0.15) is 0 Å². The Labute approximate surface area is 241 Å². The van der Waals surface area contributed by atoms with Crippen LogP contribution >= 0.6 is 0 Å². The molecule has 2 aromatic carbocycles. The smallest absolute Gasteiger partial charge is 0.204 e. The van der Waals surface area contributed by atoms with E-state index in [2.05, 4.69) is 27.0 Å². The van der Waals surface area contributed by atoms with Crippen molar-refractivity contribution in [2.24, 2.45) is 4.99 Å². The number of fused-ring (bicyclic) bond motifs is 2. The second-order valence-electron chi connectivity index (χ2n) is 10.2. The minimum atomic E-state index is -0.0209. The number of hydrogen-bond acceptors (Lipinski definition) is 11. The van der Waals surface area contributed by atoms with E-state index in [0.717, 1.165) is 90.6 Å². The molecule has 11 nitrogen and oxygen atoms in total. The highest BCUT2D eigenvalue weighted by Crippen LogP contribution is 2.43. The Bertz CT molecular complexity index is 1410. The second kappa shape index (κ2) is 12.8. The zero-order valence-corrected chi connectivity index (χ0v) is 24.8. The molecule has 3 heterocycles. The zero-order chi connectivity index (χ0) is 28.9. The molecule has 41 heavy (non-hydrogen) atoms. The topological polar surface area (TPSA) is 103 Å². The average Bonchev–Trinajstić information content (AvgIpc) is 3.00. The Morgan fingerprint density at radius 1 is 0.854 bits per heavy atom. The number of hydrogen-bond donors (Lipinski definition) is 1. The molecular formula is C30H40N6O5. The van der Waals surface area contributed by atoms with Gasteiger partial charge in [-0.1, -0.05) is 13.3 Å². The summed E-state index contributed by atoms with van der Waals surface area (Å²) in [7, 11) is 8.18. The van der Waals surface area contributed by atoms with E-state index >= 15 is 0 Å². The van der Waals surface area contributed by atoms with Crippen LogP contribution in [0.1, 0.15) is 30.3 Å². The predicted octanol–water partition coefficient (Wildman–Crippen LogP) is 3.61. The van der Waals surface area contributed by atoms with Crippen LogP contribution in [0.15, 0.2) is 23.3 Å². The lowest BCUT2D eigenvalue weighted by atomic mass is 9.98. The summed E-state index contributed by atoms with van der Waals surface area (Å²) in [6.45, 7) is 7.41. The van der Waals surface area contributed by atoms with E-state index in [1.54, 1.807) is 41.7 Å². The van der Waals surface area contributed by atoms with Crippen LogP contribution in [0.2, 0.25) is 0 Å². The first-order valence-corrected chi connectivity index (χ1v) is 14.0. The van der Waals surface area contributed by atoms with Gasteiger partial charge in [0, 0.05) is 74.1 Å². The molecule has 1 unspecified atom stereocenters. The standard InChI is InChI=1S/C30H40N6O5/c1-7-8-19-20-15-31-26(33-22(20)13-24(37-2)28(19)39-4)17-35-9-11-36(12-10-35)18-27-32-16-21-23(34-27)14-25(38-3)30(41-6)29(21)40-5/h13-16,26,33H,7-12,17-18H2,1-6H3. The van der Waals surface area contributed by atoms with Crippen LogP contribution in [0, 0.1) is 0 Å². The Balaban J connectivity index is 1.21. The van der Waals surface area contributed by atoms with Crippen molar-refractivity contribution in [3.05, 3.63) is 35.3 Å². The maximum Gasteiger partial charge on any atom is 0.204 e. The quantitative estimate of drug-likeness (QED) is 0.372. The molecule has 2 aliphatic rings. The molecule has 0 amide bonds. The van der Waals surface area contributed by atoms with Crippen molar-refractivity contribution in [2.45, 2.75) is 32.5 Å². The van der Waals surface area contributed by atoms with Crippen molar-refractivity contribution >= 4 is 22.8 Å². The third-order valence-electron chi connectivity index (χ3n) is 7.72.